The zero-order valence-corrected chi connectivity index (χ0v) is 13.2. The molecule has 2 atom stereocenters. The number of fused-ring (bicyclic) bond motifs is 1. The lowest BCUT2D eigenvalue weighted by molar-refractivity contribution is 0.355. The molecule has 2 aromatic carbocycles. The Bertz CT molecular complexity index is 539. The van der Waals surface area contributed by atoms with Crippen LogP contribution in [-0.4, -0.2) is 12.6 Å². The fourth-order valence-electron chi connectivity index (χ4n) is 2.64. The smallest absolute Gasteiger partial charge is 0.00104 e. The lowest BCUT2D eigenvalue weighted by atomic mass is 9.87. The van der Waals surface area contributed by atoms with Crippen LogP contribution >= 0.6 is 0 Å². The lowest BCUT2D eigenvalue weighted by Crippen LogP contribution is -2.31. The van der Waals surface area contributed by atoms with E-state index in [0.717, 1.165) is 13.0 Å². The zero-order chi connectivity index (χ0) is 14.5. The Kier molecular flexibility index (Phi) is 5.19. The summed E-state index contributed by atoms with van der Waals surface area (Å²) in [6.07, 6.45) is 1.16. The van der Waals surface area contributed by atoms with E-state index >= 15 is 0 Å². The Balaban J connectivity index is 2.07. The number of hydrogen-bond donors (Lipinski definition) is 1. The second kappa shape index (κ2) is 6.90. The molecular weight excluding hydrogens is 242 g/mol. The minimum atomic E-state index is 0.571. The lowest BCUT2D eigenvalue weighted by Gasteiger charge is -2.22. The Hall–Kier alpha value is -1.34. The van der Waals surface area contributed by atoms with Gasteiger partial charge in [0.25, 0.3) is 0 Å². The van der Waals surface area contributed by atoms with Crippen LogP contribution in [0.4, 0.5) is 0 Å². The van der Waals surface area contributed by atoms with Crippen LogP contribution in [0.3, 0.4) is 0 Å². The van der Waals surface area contributed by atoms with E-state index in [9.17, 15) is 0 Å². The summed E-state index contributed by atoms with van der Waals surface area (Å²) in [4.78, 5) is 0. The summed E-state index contributed by atoms with van der Waals surface area (Å²) < 4.78 is 0. The topological polar surface area (TPSA) is 12.0 Å². The van der Waals surface area contributed by atoms with Crippen molar-refractivity contribution in [3.8, 4) is 0 Å². The number of benzene rings is 2. The van der Waals surface area contributed by atoms with Gasteiger partial charge in [-0.05, 0) is 41.1 Å². The molecule has 1 nitrogen and oxygen atoms in total. The van der Waals surface area contributed by atoms with E-state index in [2.05, 4.69) is 75.5 Å². The van der Waals surface area contributed by atoms with Gasteiger partial charge in [-0.2, -0.15) is 0 Å². The molecule has 0 spiro atoms. The molecule has 0 bridgehead atoms. The van der Waals surface area contributed by atoms with Gasteiger partial charge in [-0.1, -0.05) is 70.2 Å². The molecule has 0 saturated carbocycles. The van der Waals surface area contributed by atoms with E-state index < -0.39 is 0 Å². The highest BCUT2D eigenvalue weighted by atomic mass is 14.9. The SMILES string of the molecule is CC(C)NCC(C)C(C)Cc1cccc2ccccc12. The molecule has 0 aliphatic heterocycles. The van der Waals surface area contributed by atoms with Crippen LogP contribution in [0.5, 0.6) is 0 Å². The van der Waals surface area contributed by atoms with Crippen molar-refractivity contribution in [2.45, 2.75) is 40.2 Å². The van der Waals surface area contributed by atoms with Gasteiger partial charge >= 0.3 is 0 Å². The first kappa shape index (κ1) is 15.1. The van der Waals surface area contributed by atoms with E-state index in [0.29, 0.717) is 17.9 Å². The summed E-state index contributed by atoms with van der Waals surface area (Å²) in [5, 5.41) is 6.31. The average molecular weight is 269 g/mol. The first-order valence-corrected chi connectivity index (χ1v) is 7.78. The third kappa shape index (κ3) is 3.83. The molecule has 20 heavy (non-hydrogen) atoms. The van der Waals surface area contributed by atoms with Crippen molar-refractivity contribution in [1.82, 2.24) is 5.32 Å². The van der Waals surface area contributed by atoms with Crippen LogP contribution in [-0.2, 0) is 6.42 Å². The Morgan fingerprint density at radius 1 is 0.850 bits per heavy atom. The van der Waals surface area contributed by atoms with Crippen LogP contribution in [0.1, 0.15) is 33.3 Å². The molecule has 0 aliphatic carbocycles. The minimum absolute atomic E-state index is 0.571. The fourth-order valence-corrected chi connectivity index (χ4v) is 2.64. The predicted molar refractivity (Wildman–Crippen MR) is 89.1 cm³/mol. The van der Waals surface area contributed by atoms with Crippen molar-refractivity contribution >= 4 is 10.8 Å². The zero-order valence-electron chi connectivity index (χ0n) is 13.2. The van der Waals surface area contributed by atoms with Gasteiger partial charge in [0.15, 0.2) is 0 Å². The molecule has 0 saturated heterocycles. The molecule has 108 valence electrons. The second-order valence-corrected chi connectivity index (χ2v) is 6.36. The summed E-state index contributed by atoms with van der Waals surface area (Å²) in [5.74, 6) is 1.38. The van der Waals surface area contributed by atoms with Gasteiger partial charge in [-0.25, -0.2) is 0 Å². The Labute approximate surface area is 123 Å². The molecule has 2 aromatic rings. The average Bonchev–Trinajstić information content (AvgIpc) is 2.45. The maximum absolute atomic E-state index is 3.55. The van der Waals surface area contributed by atoms with Crippen LogP contribution in [0.25, 0.3) is 10.8 Å². The van der Waals surface area contributed by atoms with Crippen LogP contribution in [0, 0.1) is 11.8 Å². The Morgan fingerprint density at radius 3 is 2.30 bits per heavy atom. The van der Waals surface area contributed by atoms with Gasteiger partial charge < -0.3 is 5.32 Å². The minimum Gasteiger partial charge on any atom is -0.314 e. The highest BCUT2D eigenvalue weighted by Crippen LogP contribution is 2.23. The van der Waals surface area contributed by atoms with Gasteiger partial charge in [0.2, 0.25) is 0 Å². The van der Waals surface area contributed by atoms with E-state index in [1.54, 1.807) is 0 Å². The van der Waals surface area contributed by atoms with Crippen LogP contribution < -0.4 is 5.32 Å². The third-order valence-corrected chi connectivity index (χ3v) is 4.24. The maximum Gasteiger partial charge on any atom is 0.00104 e. The maximum atomic E-state index is 3.55. The molecule has 1 heteroatoms. The van der Waals surface area contributed by atoms with Gasteiger partial charge in [-0.3, -0.25) is 0 Å². The molecule has 0 fully saturated rings. The number of hydrogen-bond acceptors (Lipinski definition) is 1. The van der Waals surface area contributed by atoms with Crippen LogP contribution in [0.2, 0.25) is 0 Å². The first-order valence-electron chi connectivity index (χ1n) is 7.78. The molecule has 0 amide bonds. The van der Waals surface area contributed by atoms with Gasteiger partial charge in [0, 0.05) is 6.04 Å². The molecule has 0 aromatic heterocycles. The summed E-state index contributed by atoms with van der Waals surface area (Å²) in [7, 11) is 0. The molecule has 0 aliphatic rings. The van der Waals surface area contributed by atoms with E-state index in [-0.39, 0.29) is 0 Å². The quantitative estimate of drug-likeness (QED) is 0.804. The van der Waals surface area contributed by atoms with Crippen molar-refractivity contribution in [3.63, 3.8) is 0 Å². The van der Waals surface area contributed by atoms with Crippen molar-refractivity contribution in [2.24, 2.45) is 11.8 Å². The molecule has 1 N–H and O–H groups in total. The monoisotopic (exact) mass is 269 g/mol. The van der Waals surface area contributed by atoms with Gasteiger partial charge in [0.05, 0.1) is 0 Å². The molecule has 2 rings (SSSR count). The summed E-state index contributed by atoms with van der Waals surface area (Å²) in [6, 6.07) is 15.9. The third-order valence-electron chi connectivity index (χ3n) is 4.24. The largest absolute Gasteiger partial charge is 0.314 e. The number of nitrogens with one attached hydrogen (secondary N) is 1. The first-order chi connectivity index (χ1) is 9.58. The molecule has 0 radical (unpaired) electrons. The van der Waals surface area contributed by atoms with Crippen LogP contribution in [0.15, 0.2) is 42.5 Å². The highest BCUT2D eigenvalue weighted by Gasteiger charge is 2.14. The standard InChI is InChI=1S/C19H27N/c1-14(2)20-13-16(4)15(3)12-18-10-7-9-17-8-5-6-11-19(17)18/h5-11,14-16,20H,12-13H2,1-4H3. The van der Waals surface area contributed by atoms with E-state index in [1.807, 2.05) is 0 Å². The highest BCUT2D eigenvalue weighted by molar-refractivity contribution is 5.85. The van der Waals surface area contributed by atoms with E-state index in [4.69, 9.17) is 0 Å². The molecule has 0 heterocycles. The van der Waals surface area contributed by atoms with Crippen molar-refractivity contribution in [2.75, 3.05) is 6.54 Å². The summed E-state index contributed by atoms with van der Waals surface area (Å²) >= 11 is 0. The fraction of sp³-hybridized carbons (Fsp3) is 0.474. The van der Waals surface area contributed by atoms with Crippen molar-refractivity contribution in [1.29, 1.82) is 0 Å². The molecule has 2 unspecified atom stereocenters. The van der Waals surface area contributed by atoms with E-state index in [1.165, 1.54) is 16.3 Å². The second-order valence-electron chi connectivity index (χ2n) is 6.36. The summed E-state index contributed by atoms with van der Waals surface area (Å²) in [5.41, 5.74) is 1.48. The van der Waals surface area contributed by atoms with Crippen molar-refractivity contribution in [3.05, 3.63) is 48.0 Å². The van der Waals surface area contributed by atoms with Gasteiger partial charge in [0.1, 0.15) is 0 Å². The van der Waals surface area contributed by atoms with Gasteiger partial charge in [-0.15, -0.1) is 0 Å². The Morgan fingerprint density at radius 2 is 1.55 bits per heavy atom. The normalized spacial score (nSPS) is 14.7. The molecular formula is C19H27N. The predicted octanol–water partition coefficient (Wildman–Crippen LogP) is 4.65. The van der Waals surface area contributed by atoms with Crippen molar-refractivity contribution < 1.29 is 0 Å². The summed E-state index contributed by atoms with van der Waals surface area (Å²) in [6.45, 7) is 10.2. The number of rotatable bonds is 6.